The second-order valence-corrected chi connectivity index (χ2v) is 4.28. The van der Waals surface area contributed by atoms with Crippen molar-refractivity contribution in [2.75, 3.05) is 0 Å². The first-order valence-corrected chi connectivity index (χ1v) is 5.46. The average molecular weight is 256 g/mol. The van der Waals surface area contributed by atoms with Gasteiger partial charge in [-0.05, 0) is 30.0 Å². The number of oxazole rings is 1. The molecule has 1 N–H and O–H groups in total. The maximum Gasteiger partial charge on any atom is 0.336 e. The number of nitrogens with zero attached hydrogens (tertiary/aromatic N) is 1. The van der Waals surface area contributed by atoms with Crippen LogP contribution in [0.2, 0.25) is 5.02 Å². The van der Waals surface area contributed by atoms with Gasteiger partial charge in [-0.2, -0.15) is 0 Å². The molecule has 2 rings (SSSR count). The molecule has 0 aliphatic heterocycles. The minimum Gasteiger partial charge on any atom is -0.478 e. The fourth-order valence-electron chi connectivity index (χ4n) is 1.11. The van der Waals surface area contributed by atoms with Gasteiger partial charge in [-0.3, -0.25) is 0 Å². The minimum absolute atomic E-state index is 0.135. The van der Waals surface area contributed by atoms with E-state index in [4.69, 9.17) is 21.1 Å². The van der Waals surface area contributed by atoms with Crippen LogP contribution in [0.5, 0.6) is 0 Å². The zero-order valence-corrected chi connectivity index (χ0v) is 9.46. The van der Waals surface area contributed by atoms with Crippen LogP contribution in [0.25, 0.3) is 0 Å². The molecule has 0 fully saturated rings. The van der Waals surface area contributed by atoms with E-state index in [1.54, 1.807) is 12.1 Å². The number of carbonyl (C=O) groups is 1. The number of hydrogen-bond acceptors (Lipinski definition) is 4. The van der Waals surface area contributed by atoms with Gasteiger partial charge in [-0.25, -0.2) is 9.78 Å². The maximum absolute atomic E-state index is 11.0. The number of aromatic nitrogens is 1. The third kappa shape index (κ3) is 2.37. The Hall–Kier alpha value is -1.46. The Morgan fingerprint density at radius 1 is 1.50 bits per heavy atom. The molecule has 0 bridgehead atoms. The molecule has 0 atom stereocenters. The lowest BCUT2D eigenvalue weighted by Crippen LogP contribution is -1.98. The van der Waals surface area contributed by atoms with Gasteiger partial charge in [0.1, 0.15) is 6.26 Å². The Morgan fingerprint density at radius 3 is 2.94 bits per heavy atom. The molecule has 16 heavy (non-hydrogen) atoms. The lowest BCUT2D eigenvalue weighted by Gasteiger charge is -2.03. The van der Waals surface area contributed by atoms with Crippen LogP contribution in [-0.4, -0.2) is 16.1 Å². The molecule has 2 aromatic rings. The van der Waals surface area contributed by atoms with Gasteiger partial charge in [-0.15, -0.1) is 0 Å². The summed E-state index contributed by atoms with van der Waals surface area (Å²) in [5, 5.41) is 9.77. The molecule has 0 amide bonds. The number of aromatic carboxylic acids is 1. The summed E-state index contributed by atoms with van der Waals surface area (Å²) < 4.78 is 5.03. The van der Waals surface area contributed by atoms with Crippen molar-refractivity contribution in [2.45, 2.75) is 10.1 Å². The van der Waals surface area contributed by atoms with Gasteiger partial charge < -0.3 is 9.52 Å². The summed E-state index contributed by atoms with van der Waals surface area (Å²) in [6.07, 6.45) is 2.93. The monoisotopic (exact) mass is 255 g/mol. The summed E-state index contributed by atoms with van der Waals surface area (Å²) in [6.45, 7) is 0. The van der Waals surface area contributed by atoms with Crippen molar-refractivity contribution in [1.82, 2.24) is 4.98 Å². The molecule has 4 nitrogen and oxygen atoms in total. The first-order valence-electron chi connectivity index (χ1n) is 4.27. The quantitative estimate of drug-likeness (QED) is 0.913. The SMILES string of the molecule is O=C(O)c1cc(Cl)ccc1Sc1ncco1. The molecule has 82 valence electrons. The van der Waals surface area contributed by atoms with Crippen molar-refractivity contribution >= 4 is 29.3 Å². The van der Waals surface area contributed by atoms with E-state index in [0.717, 1.165) is 11.8 Å². The number of carboxylic acids is 1. The summed E-state index contributed by atoms with van der Waals surface area (Å²) >= 11 is 6.87. The molecular weight excluding hydrogens is 250 g/mol. The van der Waals surface area contributed by atoms with Gasteiger partial charge in [0.05, 0.1) is 11.8 Å². The first-order chi connectivity index (χ1) is 7.66. The van der Waals surface area contributed by atoms with Crippen molar-refractivity contribution in [2.24, 2.45) is 0 Å². The maximum atomic E-state index is 11.0. The molecule has 0 aliphatic carbocycles. The molecule has 6 heteroatoms. The molecule has 0 unspecified atom stereocenters. The molecule has 1 heterocycles. The third-order valence-corrected chi connectivity index (χ3v) is 2.97. The van der Waals surface area contributed by atoms with Crippen LogP contribution in [0.1, 0.15) is 10.4 Å². The molecule has 0 saturated heterocycles. The zero-order valence-electron chi connectivity index (χ0n) is 7.88. The van der Waals surface area contributed by atoms with Crippen molar-refractivity contribution in [1.29, 1.82) is 0 Å². The normalized spacial score (nSPS) is 10.3. The topological polar surface area (TPSA) is 63.3 Å². The molecule has 1 aromatic carbocycles. The summed E-state index contributed by atoms with van der Waals surface area (Å²) in [7, 11) is 0. The second-order valence-electron chi connectivity index (χ2n) is 2.85. The molecule has 0 spiro atoms. The molecule has 0 saturated carbocycles. The summed E-state index contributed by atoms with van der Waals surface area (Å²) in [6, 6.07) is 4.65. The van der Waals surface area contributed by atoms with E-state index in [2.05, 4.69) is 4.98 Å². The Morgan fingerprint density at radius 2 is 2.31 bits per heavy atom. The van der Waals surface area contributed by atoms with Crippen LogP contribution >= 0.6 is 23.4 Å². The van der Waals surface area contributed by atoms with Crippen LogP contribution < -0.4 is 0 Å². The van der Waals surface area contributed by atoms with Crippen molar-refractivity contribution in [3.8, 4) is 0 Å². The van der Waals surface area contributed by atoms with Gasteiger partial charge in [-0.1, -0.05) is 11.6 Å². The number of halogens is 1. The standard InChI is InChI=1S/C10H6ClNO3S/c11-6-1-2-8(7(5-6)9(13)14)16-10-12-3-4-15-10/h1-5H,(H,13,14). The van der Waals surface area contributed by atoms with Gasteiger partial charge in [0.2, 0.25) is 0 Å². The second kappa shape index (κ2) is 4.59. The summed E-state index contributed by atoms with van der Waals surface area (Å²) in [5.41, 5.74) is 0.135. The highest BCUT2D eigenvalue weighted by Crippen LogP contribution is 2.30. The van der Waals surface area contributed by atoms with E-state index in [9.17, 15) is 4.79 Å². The average Bonchev–Trinajstić information content (AvgIpc) is 2.73. The van der Waals surface area contributed by atoms with Crippen LogP contribution in [0.15, 0.2) is 45.2 Å². The number of benzene rings is 1. The van der Waals surface area contributed by atoms with Crippen molar-refractivity contribution < 1.29 is 14.3 Å². The van der Waals surface area contributed by atoms with Crippen molar-refractivity contribution in [3.05, 3.63) is 41.2 Å². The van der Waals surface area contributed by atoms with Crippen LogP contribution in [0.3, 0.4) is 0 Å². The van der Waals surface area contributed by atoms with Crippen molar-refractivity contribution in [3.63, 3.8) is 0 Å². The van der Waals surface area contributed by atoms with Crippen LogP contribution in [0.4, 0.5) is 0 Å². The molecule has 0 radical (unpaired) electrons. The summed E-state index contributed by atoms with van der Waals surface area (Å²) in [4.78, 5) is 15.4. The largest absolute Gasteiger partial charge is 0.478 e. The van der Waals surface area contributed by atoms with E-state index in [1.165, 1.54) is 18.5 Å². The molecular formula is C10H6ClNO3S. The Balaban J connectivity index is 2.36. The third-order valence-electron chi connectivity index (χ3n) is 1.78. The Kier molecular flexibility index (Phi) is 3.17. The summed E-state index contributed by atoms with van der Waals surface area (Å²) in [5.74, 6) is -1.03. The number of carboxylic acid groups (broad SMARTS) is 1. The van der Waals surface area contributed by atoms with E-state index in [-0.39, 0.29) is 5.56 Å². The predicted octanol–water partition coefficient (Wildman–Crippen LogP) is 3.18. The zero-order chi connectivity index (χ0) is 11.5. The predicted molar refractivity (Wildman–Crippen MR) is 59.0 cm³/mol. The fourth-order valence-corrected chi connectivity index (χ4v) is 2.08. The van der Waals surface area contributed by atoms with Gasteiger partial charge in [0, 0.05) is 9.92 Å². The van der Waals surface area contributed by atoms with Gasteiger partial charge in [0.25, 0.3) is 5.22 Å². The Labute approximate surface area is 100 Å². The highest BCUT2D eigenvalue weighted by Gasteiger charge is 2.13. The van der Waals surface area contributed by atoms with E-state index in [0.29, 0.717) is 15.1 Å². The highest BCUT2D eigenvalue weighted by atomic mass is 35.5. The highest BCUT2D eigenvalue weighted by molar-refractivity contribution is 7.99. The van der Waals surface area contributed by atoms with Crippen LogP contribution in [-0.2, 0) is 0 Å². The Bertz CT molecular complexity index is 513. The smallest absolute Gasteiger partial charge is 0.336 e. The van der Waals surface area contributed by atoms with Gasteiger partial charge >= 0.3 is 5.97 Å². The molecule has 0 aliphatic rings. The van der Waals surface area contributed by atoms with E-state index >= 15 is 0 Å². The number of hydrogen-bond donors (Lipinski definition) is 1. The first kappa shape index (κ1) is 11.0. The lowest BCUT2D eigenvalue weighted by atomic mass is 10.2. The van der Waals surface area contributed by atoms with E-state index < -0.39 is 5.97 Å². The van der Waals surface area contributed by atoms with Crippen LogP contribution in [0, 0.1) is 0 Å². The van der Waals surface area contributed by atoms with Gasteiger partial charge in [0.15, 0.2) is 0 Å². The lowest BCUT2D eigenvalue weighted by molar-refractivity contribution is 0.0693. The fraction of sp³-hybridized carbons (Fsp3) is 0. The molecule has 1 aromatic heterocycles. The minimum atomic E-state index is -1.03. The van der Waals surface area contributed by atoms with E-state index in [1.807, 2.05) is 0 Å². The number of rotatable bonds is 3.